The first-order valence-electron chi connectivity index (χ1n) is 5.17. The predicted octanol–water partition coefficient (Wildman–Crippen LogP) is 3.16. The van der Waals surface area contributed by atoms with Crippen LogP contribution in [0.4, 0.5) is 5.69 Å². The van der Waals surface area contributed by atoms with Crippen molar-refractivity contribution in [3.05, 3.63) is 16.4 Å². The summed E-state index contributed by atoms with van der Waals surface area (Å²) in [4.78, 5) is 2.28. The van der Waals surface area contributed by atoms with E-state index in [1.165, 1.54) is 12.8 Å². The average Bonchev–Trinajstić information content (AvgIpc) is 2.69. The average molecular weight is 246 g/mol. The highest BCUT2D eigenvalue weighted by molar-refractivity contribution is 6.33. The van der Waals surface area contributed by atoms with Crippen LogP contribution in [0.15, 0.2) is 6.07 Å². The minimum atomic E-state index is 0.399. The first kappa shape index (κ1) is 11.0. The molecule has 3 nitrogen and oxygen atoms in total. The van der Waals surface area contributed by atoms with Gasteiger partial charge in [0.1, 0.15) is 0 Å². The van der Waals surface area contributed by atoms with E-state index in [1.807, 2.05) is 0 Å². The van der Waals surface area contributed by atoms with Crippen LogP contribution in [0.3, 0.4) is 0 Å². The third-order valence-corrected chi connectivity index (χ3v) is 3.31. The number of anilines is 1. The quantitative estimate of drug-likeness (QED) is 0.802. The summed E-state index contributed by atoms with van der Waals surface area (Å²) in [6.07, 6.45) is 3.54. The smallest absolute Gasteiger partial charge is 0.175 e. The Bertz CT molecular complexity index is 357. The lowest BCUT2D eigenvalue weighted by atomic mass is 10.1. The van der Waals surface area contributed by atoms with Gasteiger partial charge in [-0.2, -0.15) is 0 Å². The first-order chi connectivity index (χ1) is 7.22. The number of hydrogen-bond acceptors (Lipinski definition) is 3. The lowest BCUT2D eigenvalue weighted by molar-refractivity contribution is 0.644. The topological polar surface area (TPSA) is 29.0 Å². The second-order valence-electron chi connectivity index (χ2n) is 3.74. The molecule has 0 aromatic carbocycles. The molecular formula is C10H13Cl2N3. The molecule has 1 atom stereocenters. The predicted molar refractivity (Wildman–Crippen MR) is 62.7 cm³/mol. The van der Waals surface area contributed by atoms with Gasteiger partial charge in [0.15, 0.2) is 10.3 Å². The Balaban J connectivity index is 2.31. The molecule has 0 spiro atoms. The molecule has 15 heavy (non-hydrogen) atoms. The van der Waals surface area contributed by atoms with Crippen LogP contribution in [0.1, 0.15) is 26.2 Å². The molecule has 1 aromatic heterocycles. The van der Waals surface area contributed by atoms with Crippen molar-refractivity contribution >= 4 is 28.9 Å². The lowest BCUT2D eigenvalue weighted by Gasteiger charge is -2.26. The van der Waals surface area contributed by atoms with Gasteiger partial charge in [-0.1, -0.05) is 30.1 Å². The van der Waals surface area contributed by atoms with E-state index >= 15 is 0 Å². The van der Waals surface area contributed by atoms with E-state index in [4.69, 9.17) is 23.2 Å². The van der Waals surface area contributed by atoms with Crippen molar-refractivity contribution in [2.45, 2.75) is 32.2 Å². The molecule has 5 heteroatoms. The Morgan fingerprint density at radius 2 is 2.27 bits per heavy atom. The van der Waals surface area contributed by atoms with Crippen LogP contribution in [0.2, 0.25) is 10.3 Å². The molecule has 1 fully saturated rings. The molecule has 82 valence electrons. The molecule has 0 amide bonds. The van der Waals surface area contributed by atoms with Crippen LogP contribution in [-0.2, 0) is 0 Å². The summed E-state index contributed by atoms with van der Waals surface area (Å²) in [5.74, 6) is 0. The third kappa shape index (κ3) is 2.18. The van der Waals surface area contributed by atoms with Crippen molar-refractivity contribution in [3.8, 4) is 0 Å². The van der Waals surface area contributed by atoms with Crippen molar-refractivity contribution in [2.75, 3.05) is 11.4 Å². The molecule has 2 heterocycles. The van der Waals surface area contributed by atoms with E-state index in [0.29, 0.717) is 16.3 Å². The molecule has 1 unspecified atom stereocenters. The van der Waals surface area contributed by atoms with E-state index < -0.39 is 0 Å². The molecule has 2 rings (SSSR count). The van der Waals surface area contributed by atoms with Gasteiger partial charge in [0.05, 0.1) is 5.69 Å². The number of hydrogen-bond donors (Lipinski definition) is 0. The van der Waals surface area contributed by atoms with Gasteiger partial charge in [-0.3, -0.25) is 0 Å². The molecule has 0 N–H and O–H groups in total. The van der Waals surface area contributed by atoms with Crippen molar-refractivity contribution < 1.29 is 0 Å². The van der Waals surface area contributed by atoms with Gasteiger partial charge in [0, 0.05) is 18.7 Å². The zero-order valence-electron chi connectivity index (χ0n) is 8.58. The van der Waals surface area contributed by atoms with E-state index in [0.717, 1.165) is 18.7 Å². The molecular weight excluding hydrogens is 233 g/mol. The Morgan fingerprint density at radius 1 is 1.47 bits per heavy atom. The van der Waals surface area contributed by atoms with Gasteiger partial charge in [0.25, 0.3) is 0 Å². The fourth-order valence-electron chi connectivity index (χ4n) is 2.12. The standard InChI is InChI=1S/C10H13Cl2N3/c1-2-7-4-3-5-15(7)8-6-9(11)13-14-10(8)12/h6-7H,2-5H2,1H3. The van der Waals surface area contributed by atoms with Gasteiger partial charge >= 0.3 is 0 Å². The molecule has 0 aliphatic carbocycles. The van der Waals surface area contributed by atoms with E-state index in [2.05, 4.69) is 22.0 Å². The van der Waals surface area contributed by atoms with Crippen LogP contribution < -0.4 is 4.90 Å². The largest absolute Gasteiger partial charge is 0.366 e. The van der Waals surface area contributed by atoms with Gasteiger partial charge in [-0.15, -0.1) is 10.2 Å². The Labute approximate surface area is 99.4 Å². The maximum absolute atomic E-state index is 6.02. The molecule has 0 saturated carbocycles. The van der Waals surface area contributed by atoms with Crippen LogP contribution in [-0.4, -0.2) is 22.8 Å². The summed E-state index contributed by atoms with van der Waals surface area (Å²) in [6, 6.07) is 2.35. The second-order valence-corrected chi connectivity index (χ2v) is 4.49. The minimum absolute atomic E-state index is 0.399. The molecule has 0 bridgehead atoms. The van der Waals surface area contributed by atoms with E-state index in [9.17, 15) is 0 Å². The van der Waals surface area contributed by atoms with Crippen LogP contribution in [0.25, 0.3) is 0 Å². The fraction of sp³-hybridized carbons (Fsp3) is 0.600. The van der Waals surface area contributed by atoms with Gasteiger partial charge in [-0.25, -0.2) is 0 Å². The van der Waals surface area contributed by atoms with E-state index in [1.54, 1.807) is 6.07 Å². The Morgan fingerprint density at radius 3 is 3.00 bits per heavy atom. The molecule has 1 aromatic rings. The highest BCUT2D eigenvalue weighted by atomic mass is 35.5. The van der Waals surface area contributed by atoms with Gasteiger partial charge in [0.2, 0.25) is 0 Å². The molecule has 1 saturated heterocycles. The SMILES string of the molecule is CCC1CCCN1c1cc(Cl)nnc1Cl. The highest BCUT2D eigenvalue weighted by Gasteiger charge is 2.25. The summed E-state index contributed by atoms with van der Waals surface area (Å²) < 4.78 is 0. The first-order valence-corrected chi connectivity index (χ1v) is 5.93. The van der Waals surface area contributed by atoms with Crippen LogP contribution in [0, 0.1) is 0 Å². The van der Waals surface area contributed by atoms with Crippen molar-refractivity contribution in [1.29, 1.82) is 0 Å². The summed E-state index contributed by atoms with van der Waals surface area (Å²) in [7, 11) is 0. The van der Waals surface area contributed by atoms with Crippen molar-refractivity contribution in [1.82, 2.24) is 10.2 Å². The van der Waals surface area contributed by atoms with Gasteiger partial charge in [-0.05, 0) is 19.3 Å². The molecule has 0 radical (unpaired) electrons. The number of aromatic nitrogens is 2. The van der Waals surface area contributed by atoms with Crippen LogP contribution in [0.5, 0.6) is 0 Å². The maximum Gasteiger partial charge on any atom is 0.175 e. The summed E-state index contributed by atoms with van der Waals surface area (Å²) in [6.45, 7) is 3.22. The highest BCUT2D eigenvalue weighted by Crippen LogP contribution is 2.32. The summed E-state index contributed by atoms with van der Waals surface area (Å²) in [5.41, 5.74) is 0.918. The Kier molecular flexibility index (Phi) is 3.32. The van der Waals surface area contributed by atoms with E-state index in [-0.39, 0.29) is 0 Å². The van der Waals surface area contributed by atoms with Crippen LogP contribution >= 0.6 is 23.2 Å². The Hall–Kier alpha value is -0.540. The van der Waals surface area contributed by atoms with Crippen molar-refractivity contribution in [2.24, 2.45) is 0 Å². The second kappa shape index (κ2) is 4.54. The third-order valence-electron chi connectivity index (χ3n) is 2.86. The van der Waals surface area contributed by atoms with Gasteiger partial charge < -0.3 is 4.90 Å². The number of nitrogens with zero attached hydrogens (tertiary/aromatic N) is 3. The molecule has 1 aliphatic heterocycles. The number of rotatable bonds is 2. The number of halogens is 2. The minimum Gasteiger partial charge on any atom is -0.366 e. The normalized spacial score (nSPS) is 21.0. The lowest BCUT2D eigenvalue weighted by Crippen LogP contribution is -2.28. The zero-order chi connectivity index (χ0) is 10.8. The monoisotopic (exact) mass is 245 g/mol. The maximum atomic E-state index is 6.02. The molecule has 1 aliphatic rings. The summed E-state index contributed by atoms with van der Waals surface area (Å²) >= 11 is 11.9. The fourth-order valence-corrected chi connectivity index (χ4v) is 2.46. The zero-order valence-corrected chi connectivity index (χ0v) is 10.1. The van der Waals surface area contributed by atoms with Crippen molar-refractivity contribution in [3.63, 3.8) is 0 Å². The summed E-state index contributed by atoms with van der Waals surface area (Å²) in [5, 5.41) is 8.40.